The summed E-state index contributed by atoms with van der Waals surface area (Å²) in [6, 6.07) is 3.94. The lowest BCUT2D eigenvalue weighted by Crippen LogP contribution is -2.02. The van der Waals surface area contributed by atoms with Gasteiger partial charge in [-0.25, -0.2) is 4.39 Å². The van der Waals surface area contributed by atoms with Gasteiger partial charge in [0.05, 0.1) is 0 Å². The third kappa shape index (κ3) is 1.91. The number of phenolic OH excluding ortho intramolecular Hbond substituents is 1. The van der Waals surface area contributed by atoms with Gasteiger partial charge in [-0.2, -0.15) is 0 Å². The predicted molar refractivity (Wildman–Crippen MR) is 40.8 cm³/mol. The minimum Gasteiger partial charge on any atom is -0.508 e. The van der Waals surface area contributed by atoms with Crippen LogP contribution in [-0.2, 0) is 6.42 Å². The Morgan fingerprint density at radius 2 is 2.18 bits per heavy atom. The monoisotopic (exact) mass is 155 g/mol. The van der Waals surface area contributed by atoms with Gasteiger partial charge in [0, 0.05) is 6.07 Å². The summed E-state index contributed by atoms with van der Waals surface area (Å²) >= 11 is 0. The zero-order valence-electron chi connectivity index (χ0n) is 6.05. The molecule has 0 aliphatic rings. The van der Waals surface area contributed by atoms with E-state index in [0.717, 1.165) is 6.07 Å². The molecule has 0 fully saturated rings. The molecule has 0 atom stereocenters. The number of aromatic hydroxyl groups is 1. The van der Waals surface area contributed by atoms with Crippen molar-refractivity contribution in [1.29, 1.82) is 0 Å². The number of rotatable bonds is 2. The van der Waals surface area contributed by atoms with Crippen molar-refractivity contribution in [3.8, 4) is 5.75 Å². The van der Waals surface area contributed by atoms with Crippen molar-refractivity contribution in [2.75, 3.05) is 6.54 Å². The Kier molecular flexibility index (Phi) is 2.44. The average molecular weight is 155 g/mol. The van der Waals surface area contributed by atoms with Crippen molar-refractivity contribution >= 4 is 0 Å². The second kappa shape index (κ2) is 3.34. The molecule has 0 amide bonds. The first-order valence-corrected chi connectivity index (χ1v) is 3.41. The molecule has 0 bridgehead atoms. The average Bonchev–Trinajstić information content (AvgIpc) is 1.95. The molecule has 1 rings (SSSR count). The van der Waals surface area contributed by atoms with Crippen LogP contribution in [0.4, 0.5) is 4.39 Å². The van der Waals surface area contributed by atoms with Gasteiger partial charge in [-0.05, 0) is 24.6 Å². The second-order valence-corrected chi connectivity index (χ2v) is 2.31. The molecule has 0 radical (unpaired) electrons. The largest absolute Gasteiger partial charge is 0.508 e. The topological polar surface area (TPSA) is 46.2 Å². The van der Waals surface area contributed by atoms with Gasteiger partial charge in [-0.1, -0.05) is 6.07 Å². The van der Waals surface area contributed by atoms with Gasteiger partial charge in [-0.3, -0.25) is 0 Å². The molecule has 0 spiro atoms. The first kappa shape index (κ1) is 8.01. The summed E-state index contributed by atoms with van der Waals surface area (Å²) in [7, 11) is 0. The maximum atomic E-state index is 12.4. The Balaban J connectivity index is 2.90. The van der Waals surface area contributed by atoms with E-state index in [4.69, 9.17) is 10.8 Å². The van der Waals surface area contributed by atoms with Gasteiger partial charge in [-0.15, -0.1) is 0 Å². The van der Waals surface area contributed by atoms with Gasteiger partial charge in [0.25, 0.3) is 0 Å². The van der Waals surface area contributed by atoms with Crippen molar-refractivity contribution in [3.63, 3.8) is 0 Å². The highest BCUT2D eigenvalue weighted by Crippen LogP contribution is 2.17. The Bertz CT molecular complexity index is 250. The number of nitrogens with two attached hydrogens (primary N) is 1. The van der Waals surface area contributed by atoms with E-state index in [0.29, 0.717) is 18.5 Å². The van der Waals surface area contributed by atoms with E-state index in [-0.39, 0.29) is 5.75 Å². The summed E-state index contributed by atoms with van der Waals surface area (Å²) in [4.78, 5) is 0. The van der Waals surface area contributed by atoms with Gasteiger partial charge in [0.1, 0.15) is 11.6 Å². The SMILES string of the molecule is NCCc1ccc(F)cc1O. The lowest BCUT2D eigenvalue weighted by atomic mass is 10.1. The maximum absolute atomic E-state index is 12.4. The molecule has 3 N–H and O–H groups in total. The summed E-state index contributed by atoms with van der Waals surface area (Å²) in [5.74, 6) is -0.446. The molecule has 0 saturated heterocycles. The molecular weight excluding hydrogens is 145 g/mol. The summed E-state index contributed by atoms with van der Waals surface area (Å²) in [6.07, 6.45) is 0.576. The normalized spacial score (nSPS) is 10.0. The molecular formula is C8H10FNO. The first-order valence-electron chi connectivity index (χ1n) is 3.41. The molecule has 0 heterocycles. The fourth-order valence-corrected chi connectivity index (χ4v) is 0.904. The van der Waals surface area contributed by atoms with Crippen LogP contribution in [0.5, 0.6) is 5.75 Å². The highest BCUT2D eigenvalue weighted by molar-refractivity contribution is 5.32. The van der Waals surface area contributed by atoms with Crippen LogP contribution in [0.25, 0.3) is 0 Å². The smallest absolute Gasteiger partial charge is 0.126 e. The summed E-state index contributed by atoms with van der Waals surface area (Å²) in [5.41, 5.74) is 5.95. The van der Waals surface area contributed by atoms with Crippen molar-refractivity contribution in [2.24, 2.45) is 5.73 Å². The van der Waals surface area contributed by atoms with Crippen molar-refractivity contribution in [3.05, 3.63) is 29.6 Å². The van der Waals surface area contributed by atoms with Crippen LogP contribution in [-0.4, -0.2) is 11.7 Å². The molecule has 0 aliphatic carbocycles. The molecule has 0 saturated carbocycles. The summed E-state index contributed by atoms with van der Waals surface area (Å²) in [6.45, 7) is 0.458. The van der Waals surface area contributed by atoms with Crippen molar-refractivity contribution in [1.82, 2.24) is 0 Å². The number of phenols is 1. The van der Waals surface area contributed by atoms with E-state index < -0.39 is 5.82 Å². The number of hydrogen-bond acceptors (Lipinski definition) is 2. The fraction of sp³-hybridized carbons (Fsp3) is 0.250. The first-order chi connectivity index (χ1) is 5.24. The molecule has 0 unspecified atom stereocenters. The number of benzene rings is 1. The summed E-state index contributed by atoms with van der Waals surface area (Å²) in [5, 5.41) is 9.13. The minimum atomic E-state index is -0.428. The minimum absolute atomic E-state index is 0.0181. The van der Waals surface area contributed by atoms with E-state index in [1.54, 1.807) is 0 Å². The van der Waals surface area contributed by atoms with Crippen LogP contribution in [0.3, 0.4) is 0 Å². The van der Waals surface area contributed by atoms with E-state index in [9.17, 15) is 4.39 Å². The fourth-order valence-electron chi connectivity index (χ4n) is 0.904. The predicted octanol–water partition coefficient (Wildman–Crippen LogP) is 1.03. The number of halogens is 1. The van der Waals surface area contributed by atoms with E-state index in [1.165, 1.54) is 12.1 Å². The van der Waals surface area contributed by atoms with Crippen LogP contribution < -0.4 is 5.73 Å². The molecule has 3 heteroatoms. The lowest BCUT2D eigenvalue weighted by Gasteiger charge is -2.01. The van der Waals surface area contributed by atoms with Crippen LogP contribution in [0.2, 0.25) is 0 Å². The van der Waals surface area contributed by atoms with Gasteiger partial charge < -0.3 is 10.8 Å². The zero-order valence-corrected chi connectivity index (χ0v) is 6.05. The third-order valence-corrected chi connectivity index (χ3v) is 1.46. The molecule has 0 aliphatic heterocycles. The molecule has 1 aromatic rings. The van der Waals surface area contributed by atoms with Crippen LogP contribution in [0, 0.1) is 5.82 Å². The van der Waals surface area contributed by atoms with Gasteiger partial charge in [0.15, 0.2) is 0 Å². The van der Waals surface area contributed by atoms with E-state index >= 15 is 0 Å². The quantitative estimate of drug-likeness (QED) is 0.670. The van der Waals surface area contributed by atoms with Crippen molar-refractivity contribution in [2.45, 2.75) is 6.42 Å². The Hall–Kier alpha value is -1.09. The highest BCUT2D eigenvalue weighted by Gasteiger charge is 2.00. The molecule has 0 aromatic heterocycles. The van der Waals surface area contributed by atoms with Crippen LogP contribution in [0.15, 0.2) is 18.2 Å². The van der Waals surface area contributed by atoms with Crippen LogP contribution in [0.1, 0.15) is 5.56 Å². The standard InChI is InChI=1S/C8H10FNO/c9-7-2-1-6(3-4-10)8(11)5-7/h1-2,5,11H,3-4,10H2. The molecule has 1 aromatic carbocycles. The number of hydrogen-bond donors (Lipinski definition) is 2. The second-order valence-electron chi connectivity index (χ2n) is 2.31. The Labute approximate surface area is 64.5 Å². The van der Waals surface area contributed by atoms with E-state index in [1.807, 2.05) is 0 Å². The zero-order chi connectivity index (χ0) is 8.27. The van der Waals surface area contributed by atoms with E-state index in [2.05, 4.69) is 0 Å². The molecule has 2 nitrogen and oxygen atoms in total. The highest BCUT2D eigenvalue weighted by atomic mass is 19.1. The van der Waals surface area contributed by atoms with Crippen LogP contribution >= 0.6 is 0 Å². The molecule has 11 heavy (non-hydrogen) atoms. The lowest BCUT2D eigenvalue weighted by molar-refractivity contribution is 0.462. The Morgan fingerprint density at radius 3 is 2.73 bits per heavy atom. The van der Waals surface area contributed by atoms with Gasteiger partial charge in [0.2, 0.25) is 0 Å². The van der Waals surface area contributed by atoms with Gasteiger partial charge >= 0.3 is 0 Å². The summed E-state index contributed by atoms with van der Waals surface area (Å²) < 4.78 is 12.4. The molecule has 60 valence electrons. The van der Waals surface area contributed by atoms with Crippen molar-refractivity contribution < 1.29 is 9.50 Å². The Morgan fingerprint density at radius 1 is 1.45 bits per heavy atom. The maximum Gasteiger partial charge on any atom is 0.126 e. The third-order valence-electron chi connectivity index (χ3n) is 1.46.